The van der Waals surface area contributed by atoms with Crippen LogP contribution in [0.5, 0.6) is 0 Å². The number of aryl methyl sites for hydroxylation is 1. The summed E-state index contributed by atoms with van der Waals surface area (Å²) in [5.74, 6) is -0.115. The molecule has 0 amide bonds. The fourth-order valence-corrected chi connectivity index (χ4v) is 1.70. The van der Waals surface area contributed by atoms with E-state index in [0.717, 1.165) is 6.54 Å². The molecule has 0 spiro atoms. The molecule has 3 heteroatoms. The minimum absolute atomic E-state index is 0.00338. The van der Waals surface area contributed by atoms with E-state index < -0.39 is 0 Å². The lowest BCUT2D eigenvalue weighted by Gasteiger charge is -2.24. The van der Waals surface area contributed by atoms with Crippen molar-refractivity contribution in [3.05, 3.63) is 35.1 Å². The monoisotopic (exact) mass is 195 g/mol. The summed E-state index contributed by atoms with van der Waals surface area (Å²) in [4.78, 5) is 0. The van der Waals surface area contributed by atoms with E-state index in [0.29, 0.717) is 24.3 Å². The molecule has 0 saturated carbocycles. The van der Waals surface area contributed by atoms with Gasteiger partial charge < -0.3 is 10.1 Å². The van der Waals surface area contributed by atoms with Crippen molar-refractivity contribution in [1.82, 2.24) is 5.32 Å². The van der Waals surface area contributed by atoms with Crippen LogP contribution in [0.25, 0.3) is 0 Å². The number of morpholine rings is 1. The molecule has 1 fully saturated rings. The van der Waals surface area contributed by atoms with Crippen molar-refractivity contribution in [2.45, 2.75) is 13.0 Å². The van der Waals surface area contributed by atoms with E-state index in [4.69, 9.17) is 4.74 Å². The highest BCUT2D eigenvalue weighted by Gasteiger charge is 2.18. The molecule has 1 aromatic carbocycles. The summed E-state index contributed by atoms with van der Waals surface area (Å²) < 4.78 is 19.0. The Bertz CT molecular complexity index is 321. The van der Waals surface area contributed by atoms with Gasteiger partial charge >= 0.3 is 0 Å². The Kier molecular flexibility index (Phi) is 2.79. The highest BCUT2D eigenvalue weighted by Crippen LogP contribution is 2.21. The molecule has 1 aromatic rings. The minimum atomic E-state index is -0.115. The molecule has 0 aromatic heterocycles. The third kappa shape index (κ3) is 1.79. The van der Waals surface area contributed by atoms with Crippen molar-refractivity contribution in [3.63, 3.8) is 0 Å². The van der Waals surface area contributed by atoms with Crippen LogP contribution in [0.1, 0.15) is 17.2 Å². The second-order valence-electron chi connectivity index (χ2n) is 3.56. The van der Waals surface area contributed by atoms with Gasteiger partial charge in [-0.05, 0) is 12.5 Å². The van der Waals surface area contributed by atoms with Crippen LogP contribution in [0.4, 0.5) is 4.39 Å². The molecule has 2 nitrogen and oxygen atoms in total. The lowest BCUT2D eigenvalue weighted by Crippen LogP contribution is -2.35. The molecular formula is C11H14FNO. The molecular weight excluding hydrogens is 181 g/mol. The predicted molar refractivity (Wildman–Crippen MR) is 52.7 cm³/mol. The molecule has 1 atom stereocenters. The summed E-state index contributed by atoms with van der Waals surface area (Å²) >= 11 is 0. The quantitative estimate of drug-likeness (QED) is 0.737. The molecule has 2 rings (SSSR count). The summed E-state index contributed by atoms with van der Waals surface area (Å²) in [6.45, 7) is 3.84. The zero-order valence-electron chi connectivity index (χ0n) is 8.22. The standard InChI is InChI=1S/C11H14FNO/c1-8-3-2-4-9(11(8)12)10-7-14-6-5-13-10/h2-4,10,13H,5-7H2,1H3/t10-/m0/s1. The lowest BCUT2D eigenvalue weighted by molar-refractivity contribution is 0.0757. The minimum Gasteiger partial charge on any atom is -0.378 e. The molecule has 76 valence electrons. The predicted octanol–water partition coefficient (Wildman–Crippen LogP) is 1.80. The number of nitrogens with one attached hydrogen (secondary N) is 1. The zero-order chi connectivity index (χ0) is 9.97. The summed E-state index contributed by atoms with van der Waals surface area (Å²) in [6, 6.07) is 5.48. The Labute approximate surface area is 83.1 Å². The molecule has 1 saturated heterocycles. The van der Waals surface area contributed by atoms with E-state index in [1.165, 1.54) is 0 Å². The largest absolute Gasteiger partial charge is 0.378 e. The van der Waals surface area contributed by atoms with Crippen LogP contribution in [-0.2, 0) is 4.74 Å². The maximum Gasteiger partial charge on any atom is 0.130 e. The fourth-order valence-electron chi connectivity index (χ4n) is 1.70. The summed E-state index contributed by atoms with van der Waals surface area (Å²) in [5, 5.41) is 3.24. The Morgan fingerprint density at radius 1 is 1.50 bits per heavy atom. The number of halogens is 1. The third-order valence-electron chi connectivity index (χ3n) is 2.52. The highest BCUT2D eigenvalue weighted by molar-refractivity contribution is 5.27. The van der Waals surface area contributed by atoms with Crippen LogP contribution < -0.4 is 5.32 Å². The molecule has 1 N–H and O–H groups in total. The second-order valence-corrected chi connectivity index (χ2v) is 3.56. The third-order valence-corrected chi connectivity index (χ3v) is 2.52. The van der Waals surface area contributed by atoms with E-state index in [-0.39, 0.29) is 11.9 Å². The Morgan fingerprint density at radius 2 is 2.36 bits per heavy atom. The van der Waals surface area contributed by atoms with Gasteiger partial charge in [-0.25, -0.2) is 4.39 Å². The first-order valence-corrected chi connectivity index (χ1v) is 4.85. The maximum absolute atomic E-state index is 13.7. The highest BCUT2D eigenvalue weighted by atomic mass is 19.1. The molecule has 0 aliphatic carbocycles. The van der Waals surface area contributed by atoms with E-state index >= 15 is 0 Å². The number of benzene rings is 1. The van der Waals surface area contributed by atoms with Crippen LogP contribution in [0.3, 0.4) is 0 Å². The van der Waals surface area contributed by atoms with Crippen LogP contribution in [0.2, 0.25) is 0 Å². The number of rotatable bonds is 1. The Morgan fingerprint density at radius 3 is 3.07 bits per heavy atom. The number of hydrogen-bond donors (Lipinski definition) is 1. The maximum atomic E-state index is 13.7. The molecule has 0 bridgehead atoms. The normalized spacial score (nSPS) is 22.3. The van der Waals surface area contributed by atoms with Gasteiger partial charge in [0.05, 0.1) is 19.3 Å². The van der Waals surface area contributed by atoms with Crippen molar-refractivity contribution in [2.24, 2.45) is 0 Å². The molecule has 1 aliphatic heterocycles. The molecule has 0 unspecified atom stereocenters. The second kappa shape index (κ2) is 4.07. The van der Waals surface area contributed by atoms with Crippen LogP contribution >= 0.6 is 0 Å². The van der Waals surface area contributed by atoms with Crippen molar-refractivity contribution in [3.8, 4) is 0 Å². The van der Waals surface area contributed by atoms with Gasteiger partial charge in [0.2, 0.25) is 0 Å². The summed E-state index contributed by atoms with van der Waals surface area (Å²) in [5.41, 5.74) is 1.40. The average molecular weight is 195 g/mol. The van der Waals surface area contributed by atoms with Gasteiger partial charge in [0, 0.05) is 12.1 Å². The van der Waals surface area contributed by atoms with Crippen LogP contribution in [0, 0.1) is 12.7 Å². The van der Waals surface area contributed by atoms with E-state index in [1.807, 2.05) is 12.1 Å². The van der Waals surface area contributed by atoms with E-state index in [1.54, 1.807) is 13.0 Å². The lowest BCUT2D eigenvalue weighted by atomic mass is 10.0. The first-order valence-electron chi connectivity index (χ1n) is 4.85. The van der Waals surface area contributed by atoms with Crippen molar-refractivity contribution in [2.75, 3.05) is 19.8 Å². The number of ether oxygens (including phenoxy) is 1. The topological polar surface area (TPSA) is 21.3 Å². The zero-order valence-corrected chi connectivity index (χ0v) is 8.22. The van der Waals surface area contributed by atoms with Crippen molar-refractivity contribution in [1.29, 1.82) is 0 Å². The molecule has 0 radical (unpaired) electrons. The first-order chi connectivity index (χ1) is 6.79. The first kappa shape index (κ1) is 9.62. The van der Waals surface area contributed by atoms with Gasteiger partial charge in [0.15, 0.2) is 0 Å². The van der Waals surface area contributed by atoms with Gasteiger partial charge in [-0.3, -0.25) is 0 Å². The van der Waals surface area contributed by atoms with Gasteiger partial charge in [-0.15, -0.1) is 0 Å². The van der Waals surface area contributed by atoms with E-state index in [2.05, 4.69) is 5.32 Å². The van der Waals surface area contributed by atoms with E-state index in [9.17, 15) is 4.39 Å². The van der Waals surface area contributed by atoms with Gasteiger partial charge in [0.1, 0.15) is 5.82 Å². The van der Waals surface area contributed by atoms with Gasteiger partial charge in [-0.2, -0.15) is 0 Å². The summed E-state index contributed by atoms with van der Waals surface area (Å²) in [6.07, 6.45) is 0. The average Bonchev–Trinajstić information content (AvgIpc) is 2.23. The van der Waals surface area contributed by atoms with Crippen LogP contribution in [0.15, 0.2) is 18.2 Å². The van der Waals surface area contributed by atoms with Crippen molar-refractivity contribution < 1.29 is 9.13 Å². The number of hydrogen-bond acceptors (Lipinski definition) is 2. The Balaban J connectivity index is 2.26. The molecule has 1 aliphatic rings. The smallest absolute Gasteiger partial charge is 0.130 e. The molecule has 14 heavy (non-hydrogen) atoms. The van der Waals surface area contributed by atoms with Gasteiger partial charge in [0.25, 0.3) is 0 Å². The fraction of sp³-hybridized carbons (Fsp3) is 0.455. The van der Waals surface area contributed by atoms with Crippen molar-refractivity contribution >= 4 is 0 Å². The SMILES string of the molecule is Cc1cccc([C@@H]2COCCN2)c1F. The van der Waals surface area contributed by atoms with Gasteiger partial charge in [-0.1, -0.05) is 18.2 Å². The molecule has 1 heterocycles. The summed E-state index contributed by atoms with van der Waals surface area (Å²) in [7, 11) is 0. The van der Waals surface area contributed by atoms with Crippen LogP contribution in [-0.4, -0.2) is 19.8 Å². The Hall–Kier alpha value is -0.930.